The normalized spacial score (nSPS) is 10.9. The maximum atomic E-state index is 5.93. The van der Waals surface area contributed by atoms with Gasteiger partial charge in [-0.15, -0.1) is 0 Å². The topological polar surface area (TPSA) is 53.8 Å². The number of rotatable bonds is 3. The summed E-state index contributed by atoms with van der Waals surface area (Å²) in [5, 5.41) is 4.44. The Kier molecular flexibility index (Phi) is 2.41. The van der Waals surface area contributed by atoms with E-state index in [2.05, 4.69) is 17.2 Å². The number of nitrogen functional groups attached to an aromatic ring is 1. The average Bonchev–Trinajstić information content (AvgIpc) is 2.59. The fourth-order valence-corrected chi connectivity index (χ4v) is 1.68. The predicted octanol–water partition coefficient (Wildman–Crippen LogP) is 1.86. The van der Waals surface area contributed by atoms with E-state index in [0.717, 1.165) is 29.7 Å². The van der Waals surface area contributed by atoms with E-state index in [1.807, 2.05) is 24.4 Å². The van der Waals surface area contributed by atoms with Crippen molar-refractivity contribution in [3.8, 4) is 0 Å². The van der Waals surface area contributed by atoms with Gasteiger partial charge in [-0.05, 0) is 24.2 Å². The lowest BCUT2D eigenvalue weighted by Crippen LogP contribution is -2.11. The minimum absolute atomic E-state index is 0.844. The Bertz CT molecular complexity index is 431. The number of hydrogen-bond acceptors (Lipinski definition) is 2. The van der Waals surface area contributed by atoms with Crippen LogP contribution in [0.15, 0.2) is 24.4 Å². The Morgan fingerprint density at radius 3 is 3.07 bits per heavy atom. The second-order valence-corrected chi connectivity index (χ2v) is 3.36. The second kappa shape index (κ2) is 3.72. The third-order valence-electron chi connectivity index (χ3n) is 2.39. The van der Waals surface area contributed by atoms with Crippen LogP contribution in [0.3, 0.4) is 0 Å². The molecule has 1 aromatic carbocycles. The summed E-state index contributed by atoms with van der Waals surface area (Å²) in [5.74, 6) is 0. The summed E-state index contributed by atoms with van der Waals surface area (Å²) in [6.45, 7) is 3.93. The fraction of sp³-hybridized carbons (Fsp3) is 0.273. The molecule has 0 radical (unpaired) electrons. The third-order valence-corrected chi connectivity index (χ3v) is 2.39. The molecule has 4 N–H and O–H groups in total. The zero-order valence-electron chi connectivity index (χ0n) is 8.30. The molecule has 1 heterocycles. The molecule has 0 spiro atoms. The Labute approximate surface area is 83.3 Å². The largest absolute Gasteiger partial charge is 0.398 e. The van der Waals surface area contributed by atoms with Gasteiger partial charge >= 0.3 is 0 Å². The van der Waals surface area contributed by atoms with Crippen LogP contribution < -0.4 is 11.1 Å². The maximum absolute atomic E-state index is 5.93. The lowest BCUT2D eigenvalue weighted by atomic mass is 10.1. The number of anilines is 1. The molecule has 3 heteroatoms. The van der Waals surface area contributed by atoms with Crippen LogP contribution in [0.2, 0.25) is 0 Å². The van der Waals surface area contributed by atoms with Gasteiger partial charge in [0, 0.05) is 29.3 Å². The number of nitrogens with two attached hydrogens (primary N) is 1. The molecule has 0 fully saturated rings. The number of benzene rings is 1. The number of nitrogens with one attached hydrogen (secondary N) is 2. The van der Waals surface area contributed by atoms with Gasteiger partial charge in [-0.2, -0.15) is 0 Å². The monoisotopic (exact) mass is 189 g/mol. The van der Waals surface area contributed by atoms with Gasteiger partial charge in [-0.25, -0.2) is 0 Å². The summed E-state index contributed by atoms with van der Waals surface area (Å²) in [5.41, 5.74) is 9.11. The lowest BCUT2D eigenvalue weighted by Gasteiger charge is -2.01. The predicted molar refractivity (Wildman–Crippen MR) is 60.1 cm³/mol. The van der Waals surface area contributed by atoms with Gasteiger partial charge in [0.25, 0.3) is 0 Å². The minimum atomic E-state index is 0.844. The number of fused-ring (bicyclic) bond motifs is 1. The highest BCUT2D eigenvalue weighted by Gasteiger charge is 2.04. The lowest BCUT2D eigenvalue weighted by molar-refractivity contribution is 0.730. The summed E-state index contributed by atoms with van der Waals surface area (Å²) in [6, 6.07) is 5.94. The molecule has 3 nitrogen and oxygen atoms in total. The Balaban J connectivity index is 2.45. The Morgan fingerprint density at radius 1 is 1.43 bits per heavy atom. The van der Waals surface area contributed by atoms with E-state index in [1.165, 1.54) is 5.56 Å². The van der Waals surface area contributed by atoms with Crippen molar-refractivity contribution in [3.63, 3.8) is 0 Å². The summed E-state index contributed by atoms with van der Waals surface area (Å²) < 4.78 is 0. The van der Waals surface area contributed by atoms with Crippen LogP contribution in [-0.4, -0.2) is 11.5 Å². The van der Waals surface area contributed by atoms with E-state index in [1.54, 1.807) is 0 Å². The molecule has 0 amide bonds. The van der Waals surface area contributed by atoms with Crippen molar-refractivity contribution < 1.29 is 0 Å². The molecule has 0 saturated heterocycles. The van der Waals surface area contributed by atoms with E-state index in [4.69, 9.17) is 5.73 Å². The van der Waals surface area contributed by atoms with Gasteiger partial charge < -0.3 is 16.0 Å². The molecule has 1 aromatic heterocycles. The SMILES string of the molecule is CCNCc1c[nH]c2cccc(N)c12. The Morgan fingerprint density at radius 2 is 2.29 bits per heavy atom. The molecular weight excluding hydrogens is 174 g/mol. The molecule has 0 aliphatic heterocycles. The van der Waals surface area contributed by atoms with Crippen LogP contribution in [0.5, 0.6) is 0 Å². The maximum Gasteiger partial charge on any atom is 0.0478 e. The molecular formula is C11H15N3. The van der Waals surface area contributed by atoms with Crippen molar-refractivity contribution in [2.75, 3.05) is 12.3 Å². The van der Waals surface area contributed by atoms with E-state index < -0.39 is 0 Å². The van der Waals surface area contributed by atoms with Gasteiger partial charge in [-0.1, -0.05) is 13.0 Å². The highest BCUT2D eigenvalue weighted by atomic mass is 14.8. The smallest absolute Gasteiger partial charge is 0.0478 e. The number of aromatic amines is 1. The molecule has 0 saturated carbocycles. The number of hydrogen-bond donors (Lipinski definition) is 3. The molecule has 2 aromatic rings. The van der Waals surface area contributed by atoms with E-state index in [0.29, 0.717) is 0 Å². The second-order valence-electron chi connectivity index (χ2n) is 3.36. The van der Waals surface area contributed by atoms with Crippen LogP contribution in [0, 0.1) is 0 Å². The average molecular weight is 189 g/mol. The summed E-state index contributed by atoms with van der Waals surface area (Å²) >= 11 is 0. The first-order valence-corrected chi connectivity index (χ1v) is 4.88. The van der Waals surface area contributed by atoms with Crippen molar-refractivity contribution >= 4 is 16.6 Å². The first-order chi connectivity index (χ1) is 6.83. The van der Waals surface area contributed by atoms with Crippen LogP contribution in [0.4, 0.5) is 5.69 Å². The van der Waals surface area contributed by atoms with Crippen molar-refractivity contribution in [2.24, 2.45) is 0 Å². The van der Waals surface area contributed by atoms with E-state index in [9.17, 15) is 0 Å². The highest BCUT2D eigenvalue weighted by Crippen LogP contribution is 2.23. The minimum Gasteiger partial charge on any atom is -0.398 e. The van der Waals surface area contributed by atoms with Crippen molar-refractivity contribution in [1.82, 2.24) is 10.3 Å². The summed E-state index contributed by atoms with van der Waals surface area (Å²) in [7, 11) is 0. The Hall–Kier alpha value is -1.48. The zero-order chi connectivity index (χ0) is 9.97. The standard InChI is InChI=1S/C11H15N3/c1-2-13-6-8-7-14-10-5-3-4-9(12)11(8)10/h3-5,7,13-14H,2,6,12H2,1H3. The molecule has 2 rings (SSSR count). The van der Waals surface area contributed by atoms with Gasteiger partial charge in [0.1, 0.15) is 0 Å². The van der Waals surface area contributed by atoms with Crippen LogP contribution in [-0.2, 0) is 6.54 Å². The van der Waals surface area contributed by atoms with Crippen molar-refractivity contribution in [1.29, 1.82) is 0 Å². The molecule has 0 bridgehead atoms. The molecule has 0 aliphatic carbocycles. The quantitative estimate of drug-likeness (QED) is 0.645. The van der Waals surface area contributed by atoms with Gasteiger partial charge in [0.05, 0.1) is 0 Å². The molecule has 14 heavy (non-hydrogen) atoms. The first-order valence-electron chi connectivity index (χ1n) is 4.88. The molecule has 0 atom stereocenters. The van der Waals surface area contributed by atoms with Crippen LogP contribution in [0.1, 0.15) is 12.5 Å². The zero-order valence-corrected chi connectivity index (χ0v) is 8.30. The molecule has 0 unspecified atom stereocenters. The number of H-pyrrole nitrogens is 1. The van der Waals surface area contributed by atoms with E-state index in [-0.39, 0.29) is 0 Å². The van der Waals surface area contributed by atoms with Crippen molar-refractivity contribution in [3.05, 3.63) is 30.0 Å². The molecule has 74 valence electrons. The third kappa shape index (κ3) is 1.46. The van der Waals surface area contributed by atoms with Gasteiger partial charge in [-0.3, -0.25) is 0 Å². The highest BCUT2D eigenvalue weighted by molar-refractivity contribution is 5.93. The summed E-state index contributed by atoms with van der Waals surface area (Å²) in [4.78, 5) is 3.22. The molecule has 0 aliphatic rings. The summed E-state index contributed by atoms with van der Waals surface area (Å²) in [6.07, 6.45) is 2.02. The first kappa shape index (κ1) is 9.09. The number of aromatic nitrogens is 1. The van der Waals surface area contributed by atoms with Gasteiger partial charge in [0.15, 0.2) is 0 Å². The van der Waals surface area contributed by atoms with E-state index >= 15 is 0 Å². The van der Waals surface area contributed by atoms with Crippen LogP contribution in [0.25, 0.3) is 10.9 Å². The van der Waals surface area contributed by atoms with Crippen molar-refractivity contribution in [2.45, 2.75) is 13.5 Å². The fourth-order valence-electron chi connectivity index (χ4n) is 1.68. The van der Waals surface area contributed by atoms with Crippen LogP contribution >= 0.6 is 0 Å². The van der Waals surface area contributed by atoms with Gasteiger partial charge in [0.2, 0.25) is 0 Å².